The van der Waals surface area contributed by atoms with Crippen molar-refractivity contribution in [1.29, 1.82) is 0 Å². The van der Waals surface area contributed by atoms with Gasteiger partial charge >= 0.3 is 12.1 Å². The number of nitrogens with one attached hydrogen (secondary N) is 2. The molecule has 4 rings (SSSR count). The Hall–Kier alpha value is -2.58. The highest BCUT2D eigenvalue weighted by atomic mass is 16.6. The molecular weight excluding hydrogens is 450 g/mol. The molecule has 0 radical (unpaired) electrons. The molecule has 0 bridgehead atoms. The number of esters is 1. The van der Waals surface area contributed by atoms with E-state index in [0.29, 0.717) is 25.8 Å². The van der Waals surface area contributed by atoms with Crippen LogP contribution in [0.15, 0.2) is 12.2 Å². The monoisotopic (exact) mass is 489 g/mol. The maximum absolute atomic E-state index is 13.7. The van der Waals surface area contributed by atoms with Crippen LogP contribution in [0.1, 0.15) is 77.6 Å². The Kier molecular flexibility index (Phi) is 8.02. The summed E-state index contributed by atoms with van der Waals surface area (Å²) in [6, 6.07) is -1.43. The normalized spacial score (nSPS) is 35.1. The molecule has 2 N–H and O–H groups in total. The first-order chi connectivity index (χ1) is 16.8. The number of amides is 3. The third kappa shape index (κ3) is 5.81. The lowest BCUT2D eigenvalue weighted by Gasteiger charge is -2.30. The van der Waals surface area contributed by atoms with Crippen LogP contribution in [0.2, 0.25) is 0 Å². The lowest BCUT2D eigenvalue weighted by atomic mass is 10.0. The van der Waals surface area contributed by atoms with E-state index in [1.165, 1.54) is 7.11 Å². The summed E-state index contributed by atoms with van der Waals surface area (Å²) in [6.45, 7) is 2.43. The Labute approximate surface area is 207 Å². The van der Waals surface area contributed by atoms with Crippen molar-refractivity contribution in [2.45, 2.75) is 101 Å². The Morgan fingerprint density at radius 2 is 1.86 bits per heavy atom. The van der Waals surface area contributed by atoms with E-state index in [4.69, 9.17) is 9.47 Å². The van der Waals surface area contributed by atoms with Crippen molar-refractivity contribution in [3.05, 3.63) is 12.2 Å². The number of carbonyl (C=O) groups excluding carboxylic acids is 4. The lowest BCUT2D eigenvalue weighted by Crippen LogP contribution is -2.56. The van der Waals surface area contributed by atoms with Crippen LogP contribution in [-0.4, -0.2) is 66.2 Å². The van der Waals surface area contributed by atoms with Crippen LogP contribution in [0.4, 0.5) is 4.79 Å². The van der Waals surface area contributed by atoms with Crippen molar-refractivity contribution in [2.75, 3.05) is 13.7 Å². The molecular formula is C26H39N3O6. The fourth-order valence-corrected chi connectivity index (χ4v) is 5.81. The van der Waals surface area contributed by atoms with E-state index >= 15 is 0 Å². The van der Waals surface area contributed by atoms with Crippen molar-refractivity contribution < 1.29 is 28.7 Å². The fourth-order valence-electron chi connectivity index (χ4n) is 5.81. The number of fused-ring (bicyclic) bond motifs is 2. The minimum Gasteiger partial charge on any atom is -0.467 e. The molecule has 0 aromatic rings. The van der Waals surface area contributed by atoms with E-state index in [1.807, 2.05) is 13.0 Å². The van der Waals surface area contributed by atoms with Gasteiger partial charge in [-0.25, -0.2) is 9.59 Å². The van der Waals surface area contributed by atoms with Crippen molar-refractivity contribution in [3.63, 3.8) is 0 Å². The second-order valence-electron chi connectivity index (χ2n) is 10.7. The van der Waals surface area contributed by atoms with Gasteiger partial charge in [-0.15, -0.1) is 0 Å². The summed E-state index contributed by atoms with van der Waals surface area (Å²) < 4.78 is 10.6. The van der Waals surface area contributed by atoms with E-state index in [-0.39, 0.29) is 29.8 Å². The van der Waals surface area contributed by atoms with Crippen LogP contribution in [0.5, 0.6) is 0 Å². The largest absolute Gasteiger partial charge is 0.467 e. The summed E-state index contributed by atoms with van der Waals surface area (Å²) in [6.07, 6.45) is 12.2. The summed E-state index contributed by atoms with van der Waals surface area (Å²) in [4.78, 5) is 53.8. The molecule has 0 aromatic carbocycles. The van der Waals surface area contributed by atoms with E-state index in [1.54, 1.807) is 4.90 Å². The molecule has 0 aromatic heterocycles. The quantitative estimate of drug-likeness (QED) is 0.466. The number of hydrogen-bond donors (Lipinski definition) is 2. The molecule has 5 atom stereocenters. The van der Waals surface area contributed by atoms with E-state index in [9.17, 15) is 19.2 Å². The van der Waals surface area contributed by atoms with Crippen molar-refractivity contribution in [1.82, 2.24) is 15.5 Å². The van der Waals surface area contributed by atoms with Gasteiger partial charge in [0, 0.05) is 12.5 Å². The molecule has 9 nitrogen and oxygen atoms in total. The third-order valence-electron chi connectivity index (χ3n) is 7.90. The topological polar surface area (TPSA) is 114 Å². The molecule has 2 heterocycles. The highest BCUT2D eigenvalue weighted by Gasteiger charge is 2.62. The first kappa shape index (κ1) is 25.5. The summed E-state index contributed by atoms with van der Waals surface area (Å²) in [5.41, 5.74) is -1.06. The molecule has 1 saturated heterocycles. The molecule has 3 fully saturated rings. The minimum absolute atomic E-state index is 0.0921. The average molecular weight is 490 g/mol. The highest BCUT2D eigenvalue weighted by molar-refractivity contribution is 5.96. The van der Waals surface area contributed by atoms with Gasteiger partial charge in [0.05, 0.1) is 7.11 Å². The maximum atomic E-state index is 13.7. The van der Waals surface area contributed by atoms with Crippen molar-refractivity contribution >= 4 is 23.9 Å². The van der Waals surface area contributed by atoms with E-state index in [2.05, 4.69) is 16.7 Å². The van der Waals surface area contributed by atoms with Gasteiger partial charge in [0.2, 0.25) is 11.8 Å². The van der Waals surface area contributed by atoms with Gasteiger partial charge < -0.3 is 25.0 Å². The van der Waals surface area contributed by atoms with E-state index < -0.39 is 29.7 Å². The maximum Gasteiger partial charge on any atom is 0.408 e. The molecule has 35 heavy (non-hydrogen) atoms. The van der Waals surface area contributed by atoms with Crippen molar-refractivity contribution in [2.24, 2.45) is 11.8 Å². The molecule has 2 aliphatic carbocycles. The van der Waals surface area contributed by atoms with Crippen LogP contribution >= 0.6 is 0 Å². The zero-order valence-electron chi connectivity index (χ0n) is 20.9. The Morgan fingerprint density at radius 3 is 2.60 bits per heavy atom. The van der Waals surface area contributed by atoms with Gasteiger partial charge in [-0.1, -0.05) is 31.9 Å². The third-order valence-corrected chi connectivity index (χ3v) is 7.90. The molecule has 1 unspecified atom stereocenters. The first-order valence-electron chi connectivity index (χ1n) is 13.2. The van der Waals surface area contributed by atoms with Crippen LogP contribution < -0.4 is 10.6 Å². The SMILES string of the molecule is COC(=O)[C@@]12CC1/C=C\CCCCC[C@H](NC(=O)OC1CCCC1)C(=O)N1C[C@H](C)C[C@H]1C(=O)N2. The number of alkyl carbamates (subject to hydrolysis) is 1. The minimum atomic E-state index is -1.06. The second kappa shape index (κ2) is 11.0. The lowest BCUT2D eigenvalue weighted by molar-refractivity contribution is -0.148. The molecule has 3 amide bonds. The average Bonchev–Trinajstić information content (AvgIpc) is 3.14. The number of nitrogens with zero attached hydrogens (tertiary/aromatic N) is 1. The second-order valence-corrected chi connectivity index (χ2v) is 10.7. The van der Waals surface area contributed by atoms with Gasteiger partial charge in [0.1, 0.15) is 23.7 Å². The van der Waals surface area contributed by atoms with E-state index in [0.717, 1.165) is 51.4 Å². The number of rotatable bonds is 3. The van der Waals surface area contributed by atoms with Gasteiger partial charge in [-0.05, 0) is 63.7 Å². The van der Waals surface area contributed by atoms with Crippen LogP contribution in [-0.2, 0) is 23.9 Å². The number of allylic oxidation sites excluding steroid dienone is 1. The number of carbonyl (C=O) groups is 4. The molecule has 9 heteroatoms. The summed E-state index contributed by atoms with van der Waals surface area (Å²) >= 11 is 0. The Balaban J connectivity index is 1.52. The zero-order valence-corrected chi connectivity index (χ0v) is 20.9. The molecule has 194 valence electrons. The Bertz CT molecular complexity index is 854. The number of hydrogen-bond acceptors (Lipinski definition) is 6. The standard InChI is InChI=1S/C26H39N3O6/c1-17-14-21-22(30)28-26(24(32)34-2)15-18(26)10-6-4-3-5-7-13-20(23(31)29(21)16-17)27-25(33)35-19-11-8-9-12-19/h6,10,17-21H,3-5,7-9,11-16H2,1-2H3,(H,27,33)(H,28,30)/b10-6-/t17-,18?,20+,21+,26-/m1/s1. The van der Waals surface area contributed by atoms with Gasteiger partial charge in [-0.2, -0.15) is 0 Å². The van der Waals surface area contributed by atoms with Crippen LogP contribution in [0.3, 0.4) is 0 Å². The molecule has 2 saturated carbocycles. The molecule has 0 spiro atoms. The summed E-state index contributed by atoms with van der Waals surface area (Å²) in [5, 5.41) is 5.74. The number of methoxy groups -OCH3 is 1. The predicted molar refractivity (Wildman–Crippen MR) is 128 cm³/mol. The first-order valence-corrected chi connectivity index (χ1v) is 13.2. The Morgan fingerprint density at radius 1 is 1.11 bits per heavy atom. The number of ether oxygens (including phenoxy) is 2. The van der Waals surface area contributed by atoms with Gasteiger partial charge in [0.25, 0.3) is 0 Å². The van der Waals surface area contributed by atoms with Crippen LogP contribution in [0.25, 0.3) is 0 Å². The predicted octanol–water partition coefficient (Wildman–Crippen LogP) is 2.83. The molecule has 2 aliphatic heterocycles. The van der Waals surface area contributed by atoms with Gasteiger partial charge in [0.15, 0.2) is 0 Å². The fraction of sp³-hybridized carbons (Fsp3) is 0.769. The summed E-state index contributed by atoms with van der Waals surface area (Å²) in [5.74, 6) is -1.03. The highest BCUT2D eigenvalue weighted by Crippen LogP contribution is 2.46. The summed E-state index contributed by atoms with van der Waals surface area (Å²) in [7, 11) is 1.33. The molecule has 4 aliphatic rings. The van der Waals surface area contributed by atoms with Crippen LogP contribution in [0, 0.1) is 11.8 Å². The smallest absolute Gasteiger partial charge is 0.408 e. The van der Waals surface area contributed by atoms with Crippen molar-refractivity contribution in [3.8, 4) is 0 Å². The van der Waals surface area contributed by atoms with Gasteiger partial charge in [-0.3, -0.25) is 9.59 Å². The zero-order chi connectivity index (χ0) is 25.0.